The third kappa shape index (κ3) is 3.50. The van der Waals surface area contributed by atoms with Crippen molar-refractivity contribution >= 4 is 38.9 Å². The number of rotatable bonds is 4. The molecule has 3 N–H and O–H groups in total. The topological polar surface area (TPSA) is 96.5 Å². The standard InChI is InChI=1S/C28H27N3O4/c1-28(2,3)35-21-13-20-23-15(9-11-34-20)8-10-29-27(23)25(21)24-16-6-4-5-7-17(16)26-19(14-30-31-26)18(24)12-22(32)33/h4-8,13-14,29H,9-12H2,1-3H3,(H,30,31)(H,32,33). The number of benzene rings is 3. The molecule has 178 valence electrons. The van der Waals surface area contributed by atoms with E-state index in [4.69, 9.17) is 9.47 Å². The first-order valence-corrected chi connectivity index (χ1v) is 11.9. The predicted molar refractivity (Wildman–Crippen MR) is 137 cm³/mol. The Balaban J connectivity index is 1.80. The van der Waals surface area contributed by atoms with Crippen molar-refractivity contribution in [2.24, 2.45) is 0 Å². The van der Waals surface area contributed by atoms with E-state index in [0.717, 1.165) is 56.2 Å². The molecule has 3 aromatic carbocycles. The lowest BCUT2D eigenvalue weighted by atomic mass is 9.84. The molecule has 0 bridgehead atoms. The molecule has 7 nitrogen and oxygen atoms in total. The number of nitrogens with one attached hydrogen (secondary N) is 2. The van der Waals surface area contributed by atoms with Crippen LogP contribution in [0.15, 0.2) is 42.6 Å². The van der Waals surface area contributed by atoms with Crippen molar-refractivity contribution in [2.75, 3.05) is 18.5 Å². The Labute approximate surface area is 202 Å². The SMILES string of the molecule is CC(C)(C)Oc1cc2c3c(c1-c1c(CC(=O)O)c4cn[nH]c4c4ccccc14)NCC=C3CCO2. The van der Waals surface area contributed by atoms with Gasteiger partial charge >= 0.3 is 5.97 Å². The van der Waals surface area contributed by atoms with Crippen LogP contribution in [-0.4, -0.2) is 40.0 Å². The van der Waals surface area contributed by atoms with Crippen LogP contribution in [0, 0.1) is 0 Å². The summed E-state index contributed by atoms with van der Waals surface area (Å²) in [6, 6.07) is 10.0. The maximum atomic E-state index is 12.1. The van der Waals surface area contributed by atoms with E-state index >= 15 is 0 Å². The summed E-state index contributed by atoms with van der Waals surface area (Å²) in [4.78, 5) is 12.1. The first-order valence-electron chi connectivity index (χ1n) is 11.9. The molecule has 6 rings (SSSR count). The van der Waals surface area contributed by atoms with E-state index in [-0.39, 0.29) is 6.42 Å². The fraction of sp³-hybridized carbons (Fsp3) is 0.286. The maximum Gasteiger partial charge on any atom is 0.307 e. The zero-order chi connectivity index (χ0) is 24.3. The minimum absolute atomic E-state index is 0.138. The molecule has 1 aromatic heterocycles. The Morgan fingerprint density at radius 1 is 1.14 bits per heavy atom. The number of ether oxygens (including phenoxy) is 2. The summed E-state index contributed by atoms with van der Waals surface area (Å²) >= 11 is 0. The summed E-state index contributed by atoms with van der Waals surface area (Å²) in [6.07, 6.45) is 4.63. The fourth-order valence-electron chi connectivity index (χ4n) is 5.34. The summed E-state index contributed by atoms with van der Waals surface area (Å²) in [5.41, 5.74) is 6.01. The Bertz CT molecular complexity index is 1540. The fourth-order valence-corrected chi connectivity index (χ4v) is 5.34. The minimum Gasteiger partial charge on any atom is -0.492 e. The van der Waals surface area contributed by atoms with Crippen molar-refractivity contribution in [1.29, 1.82) is 0 Å². The van der Waals surface area contributed by atoms with Gasteiger partial charge in [0.1, 0.15) is 17.1 Å². The normalized spacial score (nSPS) is 14.8. The van der Waals surface area contributed by atoms with E-state index in [1.807, 2.05) is 51.1 Å². The number of anilines is 1. The minimum atomic E-state index is -0.897. The van der Waals surface area contributed by atoms with Crippen LogP contribution in [0.4, 0.5) is 5.69 Å². The Morgan fingerprint density at radius 2 is 1.94 bits per heavy atom. The van der Waals surface area contributed by atoms with Gasteiger partial charge in [-0.05, 0) is 42.9 Å². The molecule has 0 fully saturated rings. The van der Waals surface area contributed by atoms with E-state index in [0.29, 0.717) is 24.5 Å². The van der Waals surface area contributed by atoms with Gasteiger partial charge < -0.3 is 19.9 Å². The number of aliphatic carboxylic acids is 1. The lowest BCUT2D eigenvalue weighted by Crippen LogP contribution is -2.25. The van der Waals surface area contributed by atoms with Gasteiger partial charge in [-0.2, -0.15) is 5.10 Å². The zero-order valence-corrected chi connectivity index (χ0v) is 20.0. The van der Waals surface area contributed by atoms with E-state index in [2.05, 4.69) is 21.6 Å². The second-order valence-electron chi connectivity index (χ2n) is 10.0. The number of hydrogen-bond donors (Lipinski definition) is 3. The monoisotopic (exact) mass is 469 g/mol. The van der Waals surface area contributed by atoms with Gasteiger partial charge in [-0.25, -0.2) is 0 Å². The number of H-pyrrole nitrogens is 1. The highest BCUT2D eigenvalue weighted by Crippen LogP contribution is 2.53. The number of aromatic nitrogens is 2. The molecule has 0 saturated carbocycles. The number of aromatic amines is 1. The number of fused-ring (bicyclic) bond motifs is 3. The molecular weight excluding hydrogens is 442 g/mol. The van der Waals surface area contributed by atoms with E-state index in [9.17, 15) is 9.90 Å². The average molecular weight is 470 g/mol. The second kappa shape index (κ2) is 7.77. The largest absolute Gasteiger partial charge is 0.492 e. The van der Waals surface area contributed by atoms with Crippen LogP contribution < -0.4 is 14.8 Å². The predicted octanol–water partition coefficient (Wildman–Crippen LogP) is 5.78. The van der Waals surface area contributed by atoms with Gasteiger partial charge in [0.25, 0.3) is 0 Å². The zero-order valence-electron chi connectivity index (χ0n) is 20.0. The summed E-state index contributed by atoms with van der Waals surface area (Å²) in [7, 11) is 0. The first-order chi connectivity index (χ1) is 16.8. The van der Waals surface area contributed by atoms with Crippen molar-refractivity contribution in [3.8, 4) is 22.6 Å². The quantitative estimate of drug-likeness (QED) is 0.351. The third-order valence-electron chi connectivity index (χ3n) is 6.56. The molecule has 4 aromatic rings. The third-order valence-corrected chi connectivity index (χ3v) is 6.56. The van der Waals surface area contributed by atoms with Crippen LogP contribution in [0.25, 0.3) is 38.4 Å². The van der Waals surface area contributed by atoms with Gasteiger partial charge in [-0.3, -0.25) is 9.89 Å². The first kappa shape index (κ1) is 21.5. The summed E-state index contributed by atoms with van der Waals surface area (Å²) < 4.78 is 12.6. The number of carboxylic acids is 1. The summed E-state index contributed by atoms with van der Waals surface area (Å²) in [6.45, 7) is 7.35. The molecule has 0 amide bonds. The lowest BCUT2D eigenvalue weighted by molar-refractivity contribution is -0.136. The molecule has 7 heteroatoms. The van der Waals surface area contributed by atoms with Crippen LogP contribution in [0.2, 0.25) is 0 Å². The van der Waals surface area contributed by atoms with Gasteiger partial charge in [0.05, 0.1) is 30.4 Å². The van der Waals surface area contributed by atoms with Crippen LogP contribution in [0.1, 0.15) is 38.3 Å². The van der Waals surface area contributed by atoms with Crippen LogP contribution in [-0.2, 0) is 11.2 Å². The summed E-state index contributed by atoms with van der Waals surface area (Å²) in [5.74, 6) is 0.563. The van der Waals surface area contributed by atoms with E-state index in [1.54, 1.807) is 6.20 Å². The molecule has 0 aliphatic carbocycles. The highest BCUT2D eigenvalue weighted by molar-refractivity contribution is 6.17. The number of carboxylic acid groups (broad SMARTS) is 1. The number of hydrogen-bond acceptors (Lipinski definition) is 5. The van der Waals surface area contributed by atoms with Crippen molar-refractivity contribution < 1.29 is 19.4 Å². The molecule has 0 spiro atoms. The highest BCUT2D eigenvalue weighted by Gasteiger charge is 2.32. The van der Waals surface area contributed by atoms with E-state index in [1.165, 1.54) is 5.57 Å². The molecule has 0 unspecified atom stereocenters. The Hall–Kier alpha value is -4.00. The molecule has 3 heterocycles. The van der Waals surface area contributed by atoms with Crippen molar-refractivity contribution in [2.45, 2.75) is 39.2 Å². The maximum absolute atomic E-state index is 12.1. The lowest BCUT2D eigenvalue weighted by Gasteiger charge is -2.33. The average Bonchev–Trinajstić information content (AvgIpc) is 3.30. The van der Waals surface area contributed by atoms with Gasteiger partial charge in [0, 0.05) is 40.9 Å². The van der Waals surface area contributed by atoms with Crippen LogP contribution in [0.3, 0.4) is 0 Å². The molecule has 2 aliphatic rings. The van der Waals surface area contributed by atoms with Gasteiger partial charge in [-0.1, -0.05) is 30.3 Å². The van der Waals surface area contributed by atoms with Crippen LogP contribution in [0.5, 0.6) is 11.5 Å². The Morgan fingerprint density at radius 3 is 2.71 bits per heavy atom. The molecule has 2 aliphatic heterocycles. The molecular formula is C28H27N3O4. The van der Waals surface area contributed by atoms with E-state index < -0.39 is 11.6 Å². The number of nitrogens with zero attached hydrogens (tertiary/aromatic N) is 1. The molecule has 0 atom stereocenters. The molecule has 35 heavy (non-hydrogen) atoms. The van der Waals surface area contributed by atoms with Crippen LogP contribution >= 0.6 is 0 Å². The number of carbonyl (C=O) groups is 1. The van der Waals surface area contributed by atoms with Crippen molar-refractivity contribution in [3.63, 3.8) is 0 Å². The highest BCUT2D eigenvalue weighted by atomic mass is 16.5. The van der Waals surface area contributed by atoms with Gasteiger partial charge in [0.15, 0.2) is 0 Å². The van der Waals surface area contributed by atoms with Gasteiger partial charge in [-0.15, -0.1) is 0 Å². The molecule has 0 radical (unpaired) electrons. The van der Waals surface area contributed by atoms with Crippen molar-refractivity contribution in [3.05, 3.63) is 53.7 Å². The smallest absolute Gasteiger partial charge is 0.307 e. The van der Waals surface area contributed by atoms with Gasteiger partial charge in [0.2, 0.25) is 0 Å². The second-order valence-corrected chi connectivity index (χ2v) is 10.0. The Kier molecular flexibility index (Phi) is 4.78. The molecule has 0 saturated heterocycles. The summed E-state index contributed by atoms with van der Waals surface area (Å²) in [5, 5.41) is 23.6. The van der Waals surface area contributed by atoms with Crippen molar-refractivity contribution in [1.82, 2.24) is 10.2 Å².